The Labute approximate surface area is 112 Å². The lowest BCUT2D eigenvalue weighted by molar-refractivity contribution is -0.384. The number of nitro benzene ring substituents is 1. The average Bonchev–Trinajstić information content (AvgIpc) is 2.93. The summed E-state index contributed by atoms with van der Waals surface area (Å²) in [5.41, 5.74) is -0.113. The summed E-state index contributed by atoms with van der Waals surface area (Å²) in [4.78, 5) is 25.2. The molecule has 0 fully saturated rings. The van der Waals surface area contributed by atoms with Gasteiger partial charge in [0.25, 0.3) is 5.69 Å². The molecule has 0 saturated carbocycles. The van der Waals surface area contributed by atoms with Crippen molar-refractivity contribution in [1.82, 2.24) is 15.2 Å². The third-order valence-electron chi connectivity index (χ3n) is 2.41. The number of sulfone groups is 1. The minimum Gasteiger partial charge on any atom is -0.293 e. The van der Waals surface area contributed by atoms with Crippen molar-refractivity contribution in [3.05, 3.63) is 46.3 Å². The minimum atomic E-state index is -3.90. The number of nitrogens with one attached hydrogen (secondary N) is 1. The van der Waals surface area contributed by atoms with Crippen LogP contribution in [-0.4, -0.2) is 40.1 Å². The molecule has 20 heavy (non-hydrogen) atoms. The number of aromatic amines is 1. The first-order chi connectivity index (χ1) is 9.40. The van der Waals surface area contributed by atoms with Gasteiger partial charge in [0.15, 0.2) is 5.78 Å². The van der Waals surface area contributed by atoms with Crippen molar-refractivity contribution in [1.29, 1.82) is 0 Å². The highest BCUT2D eigenvalue weighted by atomic mass is 32.2. The molecule has 1 aromatic carbocycles. The van der Waals surface area contributed by atoms with Crippen LogP contribution in [0, 0.1) is 10.1 Å². The number of carbonyl (C=O) groups is 1. The molecule has 0 aliphatic rings. The van der Waals surface area contributed by atoms with Gasteiger partial charge < -0.3 is 0 Å². The number of ketones is 1. The molecule has 1 heterocycles. The third-order valence-corrected chi connectivity index (χ3v) is 3.84. The maximum absolute atomic E-state index is 11.8. The fourth-order valence-electron chi connectivity index (χ4n) is 1.44. The van der Waals surface area contributed by atoms with E-state index in [4.69, 9.17) is 0 Å². The largest absolute Gasteiger partial charge is 0.293 e. The van der Waals surface area contributed by atoms with Gasteiger partial charge in [0, 0.05) is 17.7 Å². The van der Waals surface area contributed by atoms with Crippen LogP contribution in [0.3, 0.4) is 0 Å². The first kappa shape index (κ1) is 13.8. The lowest BCUT2D eigenvalue weighted by atomic mass is 10.1. The molecule has 10 heteroatoms. The van der Waals surface area contributed by atoms with E-state index in [0.717, 1.165) is 18.5 Å². The number of benzene rings is 1. The zero-order chi connectivity index (χ0) is 14.8. The Bertz CT molecular complexity index is 736. The second-order valence-electron chi connectivity index (χ2n) is 3.78. The molecule has 9 nitrogen and oxygen atoms in total. The maximum Gasteiger partial charge on any atom is 0.269 e. The molecule has 0 atom stereocenters. The highest BCUT2D eigenvalue weighted by Crippen LogP contribution is 2.14. The first-order valence-corrected chi connectivity index (χ1v) is 6.91. The minimum absolute atomic E-state index is 0.0682. The standard InChI is InChI=1S/C10H8N4O5S/c15-9(5-20(18,19)10-11-6-12-13-10)7-1-3-8(4-2-7)14(16)17/h1-4,6H,5H2,(H,11,12,13). The van der Waals surface area contributed by atoms with Crippen molar-refractivity contribution in [3.8, 4) is 0 Å². The highest BCUT2D eigenvalue weighted by molar-refractivity contribution is 7.92. The molecular weight excluding hydrogens is 288 g/mol. The van der Waals surface area contributed by atoms with Crippen LogP contribution in [0.5, 0.6) is 0 Å². The number of H-pyrrole nitrogens is 1. The van der Waals surface area contributed by atoms with Gasteiger partial charge in [-0.05, 0) is 12.1 Å². The molecule has 0 amide bonds. The summed E-state index contributed by atoms with van der Waals surface area (Å²) in [5.74, 6) is -1.48. The number of hydrogen-bond donors (Lipinski definition) is 1. The van der Waals surface area contributed by atoms with E-state index in [9.17, 15) is 23.3 Å². The Morgan fingerprint density at radius 3 is 2.45 bits per heavy atom. The molecule has 0 aliphatic carbocycles. The predicted octanol–water partition coefficient (Wildman–Crippen LogP) is 0.369. The summed E-state index contributed by atoms with van der Waals surface area (Å²) >= 11 is 0. The lowest BCUT2D eigenvalue weighted by Gasteiger charge is -2.01. The van der Waals surface area contributed by atoms with Crippen LogP contribution in [0.2, 0.25) is 0 Å². The van der Waals surface area contributed by atoms with Crippen LogP contribution in [0.15, 0.2) is 35.7 Å². The Morgan fingerprint density at radius 1 is 1.30 bits per heavy atom. The fourth-order valence-corrected chi connectivity index (χ4v) is 2.49. The first-order valence-electron chi connectivity index (χ1n) is 5.26. The Balaban J connectivity index is 2.18. The van der Waals surface area contributed by atoms with Crippen LogP contribution in [-0.2, 0) is 9.84 Å². The predicted molar refractivity (Wildman–Crippen MR) is 65.9 cm³/mol. The number of hydrogen-bond acceptors (Lipinski definition) is 7. The van der Waals surface area contributed by atoms with Crippen LogP contribution in [0.4, 0.5) is 5.69 Å². The number of carbonyl (C=O) groups excluding carboxylic acids is 1. The molecule has 0 bridgehead atoms. The summed E-state index contributed by atoms with van der Waals surface area (Å²) in [5, 5.41) is 15.6. The second-order valence-corrected chi connectivity index (χ2v) is 5.68. The number of nitro groups is 1. The van der Waals surface area contributed by atoms with Gasteiger partial charge in [-0.25, -0.2) is 13.4 Å². The van der Waals surface area contributed by atoms with E-state index in [0.29, 0.717) is 0 Å². The molecule has 0 aliphatic heterocycles. The number of aromatic nitrogens is 3. The average molecular weight is 296 g/mol. The van der Waals surface area contributed by atoms with Gasteiger partial charge in [-0.2, -0.15) is 5.10 Å². The van der Waals surface area contributed by atoms with E-state index in [-0.39, 0.29) is 11.3 Å². The van der Waals surface area contributed by atoms with Crippen LogP contribution < -0.4 is 0 Å². The smallest absolute Gasteiger partial charge is 0.269 e. The fraction of sp³-hybridized carbons (Fsp3) is 0.100. The zero-order valence-electron chi connectivity index (χ0n) is 9.88. The normalized spacial score (nSPS) is 11.2. The van der Waals surface area contributed by atoms with Crippen molar-refractivity contribution in [3.63, 3.8) is 0 Å². The zero-order valence-corrected chi connectivity index (χ0v) is 10.7. The summed E-state index contributed by atoms with van der Waals surface area (Å²) in [6, 6.07) is 4.68. The molecular formula is C10H8N4O5S. The summed E-state index contributed by atoms with van der Waals surface area (Å²) in [6.07, 6.45) is 1.02. The highest BCUT2D eigenvalue weighted by Gasteiger charge is 2.23. The van der Waals surface area contributed by atoms with Gasteiger partial charge in [-0.15, -0.1) is 0 Å². The van der Waals surface area contributed by atoms with Gasteiger partial charge in [0.05, 0.1) is 4.92 Å². The van der Waals surface area contributed by atoms with Crippen molar-refractivity contribution >= 4 is 21.3 Å². The van der Waals surface area contributed by atoms with Gasteiger partial charge in [0.1, 0.15) is 12.1 Å². The van der Waals surface area contributed by atoms with Crippen LogP contribution >= 0.6 is 0 Å². The van der Waals surface area contributed by atoms with E-state index in [1.54, 1.807) is 0 Å². The van der Waals surface area contributed by atoms with E-state index >= 15 is 0 Å². The SMILES string of the molecule is O=C(CS(=O)(=O)c1ncn[nH]1)c1ccc([N+](=O)[O-])cc1. The Kier molecular flexibility index (Phi) is 3.57. The summed E-state index contributed by atoms with van der Waals surface area (Å²) < 4.78 is 23.6. The summed E-state index contributed by atoms with van der Waals surface area (Å²) in [6.45, 7) is 0. The molecule has 0 radical (unpaired) electrons. The van der Waals surface area contributed by atoms with E-state index in [2.05, 4.69) is 15.2 Å². The van der Waals surface area contributed by atoms with Crippen molar-refractivity contribution in [2.45, 2.75) is 5.16 Å². The topological polar surface area (TPSA) is 136 Å². The summed E-state index contributed by atoms with van der Waals surface area (Å²) in [7, 11) is -3.90. The number of rotatable bonds is 5. The quantitative estimate of drug-likeness (QED) is 0.478. The van der Waals surface area contributed by atoms with Gasteiger partial charge in [-0.3, -0.25) is 20.0 Å². The monoisotopic (exact) mass is 296 g/mol. The van der Waals surface area contributed by atoms with Crippen molar-refractivity contribution < 1.29 is 18.1 Å². The van der Waals surface area contributed by atoms with Crippen LogP contribution in [0.25, 0.3) is 0 Å². The van der Waals surface area contributed by atoms with E-state index in [1.165, 1.54) is 12.1 Å². The molecule has 0 spiro atoms. The third kappa shape index (κ3) is 2.85. The van der Waals surface area contributed by atoms with E-state index < -0.39 is 31.5 Å². The Hall–Kier alpha value is -2.62. The van der Waals surface area contributed by atoms with Crippen molar-refractivity contribution in [2.24, 2.45) is 0 Å². The molecule has 1 N–H and O–H groups in total. The molecule has 2 rings (SSSR count). The number of Topliss-reactive ketones (excluding diaryl/α,β-unsaturated/α-hetero) is 1. The molecule has 104 valence electrons. The van der Waals surface area contributed by atoms with Crippen LogP contribution in [0.1, 0.15) is 10.4 Å². The molecule has 2 aromatic rings. The lowest BCUT2D eigenvalue weighted by Crippen LogP contribution is -2.17. The van der Waals surface area contributed by atoms with Gasteiger partial charge in [0.2, 0.25) is 15.0 Å². The molecule has 1 aromatic heterocycles. The molecule has 0 saturated heterocycles. The number of non-ortho nitro benzene ring substituents is 1. The molecule has 0 unspecified atom stereocenters. The van der Waals surface area contributed by atoms with E-state index in [1.807, 2.05) is 0 Å². The maximum atomic E-state index is 11.8. The Morgan fingerprint density at radius 2 is 1.95 bits per heavy atom. The number of nitrogens with zero attached hydrogens (tertiary/aromatic N) is 3. The van der Waals surface area contributed by atoms with Crippen molar-refractivity contribution in [2.75, 3.05) is 5.75 Å². The second kappa shape index (κ2) is 5.17. The van der Waals surface area contributed by atoms with Gasteiger partial charge >= 0.3 is 0 Å². The van der Waals surface area contributed by atoms with Gasteiger partial charge in [-0.1, -0.05) is 0 Å².